The largest absolute Gasteiger partial charge is 0.373 e. The van der Waals surface area contributed by atoms with Crippen LogP contribution in [0.5, 0.6) is 0 Å². The molecule has 2 nitrogen and oxygen atoms in total. The fourth-order valence-corrected chi connectivity index (χ4v) is 2.16. The highest BCUT2D eigenvalue weighted by atomic mass is 32.1. The second kappa shape index (κ2) is 7.57. The Morgan fingerprint density at radius 2 is 1.75 bits per heavy atom. The lowest BCUT2D eigenvalue weighted by atomic mass is 9.88. The van der Waals surface area contributed by atoms with Crippen molar-refractivity contribution in [2.75, 3.05) is 6.61 Å². The van der Waals surface area contributed by atoms with E-state index >= 15 is 0 Å². The van der Waals surface area contributed by atoms with Gasteiger partial charge in [0.1, 0.15) is 0 Å². The highest BCUT2D eigenvalue weighted by molar-refractivity contribution is 7.59. The zero-order valence-electron chi connectivity index (χ0n) is 9.87. The van der Waals surface area contributed by atoms with E-state index in [9.17, 15) is 0 Å². The van der Waals surface area contributed by atoms with Gasteiger partial charge in [0.25, 0.3) is 0 Å². The van der Waals surface area contributed by atoms with Crippen LogP contribution in [0, 0.1) is 5.92 Å². The molecule has 3 aliphatic rings. The van der Waals surface area contributed by atoms with Crippen LogP contribution < -0.4 is 0 Å². The fraction of sp³-hybridized carbons (Fsp3) is 1.00. The predicted octanol–water partition coefficient (Wildman–Crippen LogP) is 3.51. The van der Waals surface area contributed by atoms with E-state index in [1.807, 2.05) is 0 Å². The second-order valence-corrected chi connectivity index (χ2v) is 4.66. The molecule has 2 heterocycles. The van der Waals surface area contributed by atoms with Crippen molar-refractivity contribution in [2.45, 2.75) is 71.7 Å². The number of fused-ring (bicyclic) bond motifs is 1. The van der Waals surface area contributed by atoms with Crippen LogP contribution in [0.3, 0.4) is 0 Å². The summed E-state index contributed by atoms with van der Waals surface area (Å²) in [7, 11) is 0. The Labute approximate surface area is 108 Å². The van der Waals surface area contributed by atoms with Gasteiger partial charge in [-0.25, -0.2) is 0 Å². The topological polar surface area (TPSA) is 25.1 Å². The van der Waals surface area contributed by atoms with Crippen LogP contribution in [0.25, 0.3) is 0 Å². The Bertz CT molecular complexity index is 183. The Balaban J connectivity index is 0.000000282. The lowest BCUT2D eigenvalue weighted by Crippen LogP contribution is -2.11. The number of rotatable bonds is 2. The van der Waals surface area contributed by atoms with E-state index in [1.165, 1.54) is 32.1 Å². The third kappa shape index (κ3) is 5.07. The van der Waals surface area contributed by atoms with E-state index in [1.54, 1.807) is 0 Å². The molecular weight excluding hydrogens is 220 g/mol. The molecule has 4 atom stereocenters. The van der Waals surface area contributed by atoms with Crippen LogP contribution >= 0.6 is 13.5 Å². The fourth-order valence-electron chi connectivity index (χ4n) is 2.16. The molecule has 0 aromatic carbocycles. The number of ether oxygens (including phenoxy) is 2. The molecule has 2 aliphatic heterocycles. The van der Waals surface area contributed by atoms with Crippen LogP contribution in [0.15, 0.2) is 0 Å². The maximum absolute atomic E-state index is 5.41. The van der Waals surface area contributed by atoms with E-state index in [-0.39, 0.29) is 20.9 Å². The van der Waals surface area contributed by atoms with Crippen LogP contribution in [0.2, 0.25) is 0 Å². The van der Waals surface area contributed by atoms with Crippen molar-refractivity contribution in [2.24, 2.45) is 5.92 Å². The molecule has 0 aromatic rings. The van der Waals surface area contributed by atoms with Gasteiger partial charge in [-0.2, -0.15) is 13.5 Å². The van der Waals surface area contributed by atoms with E-state index in [2.05, 4.69) is 13.8 Å². The minimum Gasteiger partial charge on any atom is -0.373 e. The minimum atomic E-state index is 0. The Morgan fingerprint density at radius 1 is 1.06 bits per heavy atom. The summed E-state index contributed by atoms with van der Waals surface area (Å²) in [4.78, 5) is 0. The van der Waals surface area contributed by atoms with Gasteiger partial charge < -0.3 is 9.47 Å². The van der Waals surface area contributed by atoms with Crippen LogP contribution in [-0.2, 0) is 9.47 Å². The van der Waals surface area contributed by atoms with Crippen molar-refractivity contribution in [1.29, 1.82) is 0 Å². The molecule has 1 aliphatic carbocycles. The third-order valence-corrected chi connectivity index (χ3v) is 3.55. The number of hydrogen-bond donors (Lipinski definition) is 0. The Morgan fingerprint density at radius 3 is 2.12 bits per heavy atom. The lowest BCUT2D eigenvalue weighted by Gasteiger charge is -2.15. The highest BCUT2D eigenvalue weighted by Gasteiger charge is 2.43. The molecule has 3 rings (SSSR count). The zero-order valence-corrected chi connectivity index (χ0v) is 10.9. The average Bonchev–Trinajstić information content (AvgIpc) is 3.10. The Kier molecular flexibility index (Phi) is 7.70. The van der Waals surface area contributed by atoms with Gasteiger partial charge >= 0.3 is 0 Å². The van der Waals surface area contributed by atoms with Crippen LogP contribution in [0.1, 0.15) is 53.4 Å². The maximum Gasteiger partial charge on any atom is 0.0844 e. The molecule has 98 valence electrons. The van der Waals surface area contributed by atoms with Crippen molar-refractivity contribution in [1.82, 2.24) is 0 Å². The SMILES string of the molecule is C.CCC1CCC2OC2C1.CCC1CO1.S. The van der Waals surface area contributed by atoms with E-state index in [4.69, 9.17) is 9.47 Å². The van der Waals surface area contributed by atoms with E-state index in [0.717, 1.165) is 12.5 Å². The molecule has 4 unspecified atom stereocenters. The molecule has 3 fully saturated rings. The van der Waals surface area contributed by atoms with Gasteiger partial charge in [-0.1, -0.05) is 27.7 Å². The van der Waals surface area contributed by atoms with Crippen molar-refractivity contribution in [3.63, 3.8) is 0 Å². The molecule has 0 bridgehead atoms. The monoisotopic (exact) mass is 248 g/mol. The molecule has 0 aromatic heterocycles. The summed E-state index contributed by atoms with van der Waals surface area (Å²) >= 11 is 0. The first-order chi connectivity index (χ1) is 6.83. The quantitative estimate of drug-likeness (QED) is 0.699. The first-order valence-corrected chi connectivity index (χ1v) is 6.10. The first-order valence-electron chi connectivity index (χ1n) is 6.10. The average molecular weight is 248 g/mol. The molecule has 0 spiro atoms. The number of hydrogen-bond acceptors (Lipinski definition) is 2. The molecular formula is C13H28O2S. The summed E-state index contributed by atoms with van der Waals surface area (Å²) in [6, 6.07) is 0. The molecule has 16 heavy (non-hydrogen) atoms. The lowest BCUT2D eigenvalue weighted by molar-refractivity contribution is 0.357. The highest BCUT2D eigenvalue weighted by Crippen LogP contribution is 2.40. The third-order valence-electron chi connectivity index (χ3n) is 3.55. The smallest absolute Gasteiger partial charge is 0.0844 e. The van der Waals surface area contributed by atoms with E-state index < -0.39 is 0 Å². The molecule has 0 radical (unpaired) electrons. The van der Waals surface area contributed by atoms with Gasteiger partial charge in [-0.3, -0.25) is 0 Å². The van der Waals surface area contributed by atoms with Gasteiger partial charge in [-0.15, -0.1) is 0 Å². The van der Waals surface area contributed by atoms with Gasteiger partial charge in [-0.05, 0) is 31.6 Å². The summed E-state index contributed by atoms with van der Waals surface area (Å²) in [6.07, 6.45) is 8.65. The predicted molar refractivity (Wildman–Crippen MR) is 73.4 cm³/mol. The number of epoxide rings is 2. The summed E-state index contributed by atoms with van der Waals surface area (Å²) in [5, 5.41) is 0. The normalized spacial score (nSPS) is 37.9. The maximum atomic E-state index is 5.41. The Hall–Kier alpha value is 0.270. The minimum absolute atomic E-state index is 0. The molecule has 3 heteroatoms. The van der Waals surface area contributed by atoms with E-state index in [0.29, 0.717) is 18.3 Å². The first kappa shape index (κ1) is 16.3. The van der Waals surface area contributed by atoms with Crippen molar-refractivity contribution in [3.05, 3.63) is 0 Å². The molecule has 0 amide bonds. The summed E-state index contributed by atoms with van der Waals surface area (Å²) in [6.45, 7) is 5.43. The zero-order chi connectivity index (χ0) is 9.97. The summed E-state index contributed by atoms with van der Waals surface area (Å²) < 4.78 is 10.3. The van der Waals surface area contributed by atoms with Gasteiger partial charge in [0.05, 0.1) is 24.9 Å². The van der Waals surface area contributed by atoms with Gasteiger partial charge in [0.2, 0.25) is 0 Å². The second-order valence-electron chi connectivity index (χ2n) is 4.66. The van der Waals surface area contributed by atoms with Crippen LogP contribution in [-0.4, -0.2) is 24.9 Å². The molecule has 1 saturated carbocycles. The van der Waals surface area contributed by atoms with Crippen molar-refractivity contribution < 1.29 is 9.47 Å². The van der Waals surface area contributed by atoms with Gasteiger partial charge in [0, 0.05) is 0 Å². The van der Waals surface area contributed by atoms with Crippen molar-refractivity contribution >= 4 is 13.5 Å². The van der Waals surface area contributed by atoms with Crippen LogP contribution in [0.4, 0.5) is 0 Å². The van der Waals surface area contributed by atoms with Gasteiger partial charge in [0.15, 0.2) is 0 Å². The standard InChI is InChI=1S/C8H14O.C4H8O.CH4.H2S/c1-2-6-3-4-7-8(5-6)9-7;1-2-4-3-5-4;;/h6-8H,2-5H2,1H3;4H,2-3H2,1H3;1H4;1H2. The summed E-state index contributed by atoms with van der Waals surface area (Å²) in [5.41, 5.74) is 0. The summed E-state index contributed by atoms with van der Waals surface area (Å²) in [5.74, 6) is 0.980. The molecule has 2 saturated heterocycles. The van der Waals surface area contributed by atoms with Crippen molar-refractivity contribution in [3.8, 4) is 0 Å². The molecule has 0 N–H and O–H groups in total.